The number of ketones is 1. The first-order chi connectivity index (χ1) is 6.99. The Labute approximate surface area is 91.5 Å². The highest BCUT2D eigenvalue weighted by molar-refractivity contribution is 5.99. The molecular weight excluding hydrogens is 186 g/mol. The minimum Gasteiger partial charge on any atom is -0.330 e. The van der Waals surface area contributed by atoms with Crippen LogP contribution >= 0.6 is 0 Å². The van der Waals surface area contributed by atoms with E-state index in [1.807, 2.05) is 27.7 Å². The third-order valence-electron chi connectivity index (χ3n) is 3.02. The normalized spacial score (nSPS) is 10.5. The van der Waals surface area contributed by atoms with Crippen LogP contribution in [0.2, 0.25) is 0 Å². The largest absolute Gasteiger partial charge is 0.330 e. The van der Waals surface area contributed by atoms with Crippen molar-refractivity contribution in [1.82, 2.24) is 0 Å². The second-order valence-corrected chi connectivity index (χ2v) is 4.10. The lowest BCUT2D eigenvalue weighted by atomic mass is 9.91. The average Bonchev–Trinajstić information content (AvgIpc) is 2.16. The summed E-state index contributed by atoms with van der Waals surface area (Å²) in [7, 11) is 0. The minimum absolute atomic E-state index is 0.166. The maximum atomic E-state index is 11.9. The fourth-order valence-corrected chi connectivity index (χ4v) is 1.89. The molecule has 0 spiro atoms. The predicted molar refractivity (Wildman–Crippen MR) is 63.4 cm³/mol. The van der Waals surface area contributed by atoms with Gasteiger partial charge in [0.1, 0.15) is 0 Å². The summed E-state index contributed by atoms with van der Waals surface area (Å²) in [5, 5.41) is 0. The second-order valence-electron chi connectivity index (χ2n) is 4.10. The van der Waals surface area contributed by atoms with Gasteiger partial charge in [-0.25, -0.2) is 0 Å². The van der Waals surface area contributed by atoms with Crippen LogP contribution in [-0.4, -0.2) is 12.3 Å². The van der Waals surface area contributed by atoms with Crippen LogP contribution in [-0.2, 0) is 0 Å². The topological polar surface area (TPSA) is 43.1 Å². The Kier molecular flexibility index (Phi) is 3.64. The zero-order valence-corrected chi connectivity index (χ0v) is 9.98. The van der Waals surface area contributed by atoms with Crippen LogP contribution < -0.4 is 5.73 Å². The van der Waals surface area contributed by atoms with E-state index in [9.17, 15) is 4.79 Å². The molecule has 82 valence electrons. The maximum Gasteiger partial charge on any atom is 0.164 e. The van der Waals surface area contributed by atoms with Crippen LogP contribution in [0, 0.1) is 27.7 Å². The molecule has 2 nitrogen and oxygen atoms in total. The zero-order chi connectivity index (χ0) is 11.6. The van der Waals surface area contributed by atoms with Gasteiger partial charge in [0.2, 0.25) is 0 Å². The van der Waals surface area contributed by atoms with E-state index < -0.39 is 0 Å². The summed E-state index contributed by atoms with van der Waals surface area (Å²) < 4.78 is 0. The Morgan fingerprint density at radius 1 is 1.13 bits per heavy atom. The molecule has 0 amide bonds. The van der Waals surface area contributed by atoms with E-state index in [4.69, 9.17) is 5.73 Å². The van der Waals surface area contributed by atoms with E-state index in [-0.39, 0.29) is 5.78 Å². The van der Waals surface area contributed by atoms with Crippen molar-refractivity contribution in [2.24, 2.45) is 5.73 Å². The van der Waals surface area contributed by atoms with Crippen LogP contribution in [0.4, 0.5) is 0 Å². The minimum atomic E-state index is 0.166. The van der Waals surface area contributed by atoms with E-state index >= 15 is 0 Å². The lowest BCUT2D eigenvalue weighted by molar-refractivity contribution is 0.0984. The SMILES string of the molecule is Cc1cc(C)c(C)c(C(=O)CCN)c1C. The molecule has 0 saturated carbocycles. The molecule has 0 unspecified atom stereocenters. The van der Waals surface area contributed by atoms with Crippen LogP contribution in [0.25, 0.3) is 0 Å². The Bertz CT molecular complexity index is 368. The number of hydrogen-bond donors (Lipinski definition) is 1. The summed E-state index contributed by atoms with van der Waals surface area (Å²) in [6.07, 6.45) is 0.435. The van der Waals surface area contributed by atoms with Crippen molar-refractivity contribution in [3.05, 3.63) is 33.9 Å². The molecular formula is C13H19NO. The van der Waals surface area contributed by atoms with Crippen LogP contribution in [0.3, 0.4) is 0 Å². The molecule has 0 aromatic heterocycles. The molecule has 1 rings (SSSR count). The van der Waals surface area contributed by atoms with Gasteiger partial charge in [-0.05, 0) is 56.5 Å². The monoisotopic (exact) mass is 205 g/mol. The van der Waals surface area contributed by atoms with Crippen molar-refractivity contribution < 1.29 is 4.79 Å². The van der Waals surface area contributed by atoms with Gasteiger partial charge in [-0.1, -0.05) is 6.07 Å². The Balaban J connectivity index is 3.32. The van der Waals surface area contributed by atoms with Crippen molar-refractivity contribution in [1.29, 1.82) is 0 Å². The first-order valence-electron chi connectivity index (χ1n) is 5.29. The van der Waals surface area contributed by atoms with Gasteiger partial charge in [0, 0.05) is 12.0 Å². The van der Waals surface area contributed by atoms with Gasteiger partial charge in [0.25, 0.3) is 0 Å². The highest BCUT2D eigenvalue weighted by Crippen LogP contribution is 2.22. The third kappa shape index (κ3) is 2.26. The van der Waals surface area contributed by atoms with Gasteiger partial charge >= 0.3 is 0 Å². The summed E-state index contributed by atoms with van der Waals surface area (Å²) in [5.74, 6) is 0.166. The van der Waals surface area contributed by atoms with E-state index in [1.165, 1.54) is 11.1 Å². The number of carbonyl (C=O) groups excluding carboxylic acids is 1. The van der Waals surface area contributed by atoms with Gasteiger partial charge in [0.05, 0.1) is 0 Å². The number of nitrogens with two attached hydrogens (primary N) is 1. The van der Waals surface area contributed by atoms with Gasteiger partial charge in [0.15, 0.2) is 5.78 Å². The van der Waals surface area contributed by atoms with Gasteiger partial charge in [-0.15, -0.1) is 0 Å². The van der Waals surface area contributed by atoms with E-state index in [1.54, 1.807) is 0 Å². The average molecular weight is 205 g/mol. The second kappa shape index (κ2) is 4.58. The van der Waals surface area contributed by atoms with Gasteiger partial charge < -0.3 is 5.73 Å². The lowest BCUT2D eigenvalue weighted by Gasteiger charge is -2.13. The van der Waals surface area contributed by atoms with Crippen LogP contribution in [0.1, 0.15) is 39.0 Å². The standard InChI is InChI=1S/C13H19NO/c1-8-7-9(2)11(4)13(10(8)3)12(15)5-6-14/h7H,5-6,14H2,1-4H3. The fourth-order valence-electron chi connectivity index (χ4n) is 1.89. The summed E-state index contributed by atoms with van der Waals surface area (Å²) >= 11 is 0. The molecule has 1 aromatic rings. The highest BCUT2D eigenvalue weighted by Gasteiger charge is 2.14. The summed E-state index contributed by atoms with van der Waals surface area (Å²) in [6, 6.07) is 2.13. The molecule has 0 atom stereocenters. The summed E-state index contributed by atoms with van der Waals surface area (Å²) in [6.45, 7) is 8.52. The Morgan fingerprint density at radius 2 is 1.60 bits per heavy atom. The molecule has 15 heavy (non-hydrogen) atoms. The number of carbonyl (C=O) groups is 1. The molecule has 0 aliphatic rings. The molecule has 0 heterocycles. The zero-order valence-electron chi connectivity index (χ0n) is 9.98. The van der Waals surface area contributed by atoms with Crippen molar-refractivity contribution >= 4 is 5.78 Å². The Morgan fingerprint density at radius 3 is 2.00 bits per heavy atom. The van der Waals surface area contributed by atoms with Crippen LogP contribution in [0.5, 0.6) is 0 Å². The smallest absolute Gasteiger partial charge is 0.164 e. The Hall–Kier alpha value is -1.15. The maximum absolute atomic E-state index is 11.9. The van der Waals surface area contributed by atoms with Crippen molar-refractivity contribution in [2.75, 3.05) is 6.54 Å². The lowest BCUT2D eigenvalue weighted by Crippen LogP contribution is -2.12. The highest BCUT2D eigenvalue weighted by atomic mass is 16.1. The fraction of sp³-hybridized carbons (Fsp3) is 0.462. The number of benzene rings is 1. The van der Waals surface area contributed by atoms with Gasteiger partial charge in [-0.2, -0.15) is 0 Å². The number of hydrogen-bond acceptors (Lipinski definition) is 2. The molecule has 2 heteroatoms. The number of aryl methyl sites for hydroxylation is 2. The molecule has 0 aliphatic carbocycles. The summed E-state index contributed by atoms with van der Waals surface area (Å²) in [5.41, 5.74) is 10.8. The van der Waals surface area contributed by atoms with Crippen molar-refractivity contribution in [3.63, 3.8) is 0 Å². The quantitative estimate of drug-likeness (QED) is 0.770. The first-order valence-corrected chi connectivity index (χ1v) is 5.29. The number of rotatable bonds is 3. The van der Waals surface area contributed by atoms with Crippen molar-refractivity contribution in [3.8, 4) is 0 Å². The van der Waals surface area contributed by atoms with E-state index in [2.05, 4.69) is 6.07 Å². The third-order valence-corrected chi connectivity index (χ3v) is 3.02. The molecule has 2 N–H and O–H groups in total. The van der Waals surface area contributed by atoms with Crippen molar-refractivity contribution in [2.45, 2.75) is 34.1 Å². The summed E-state index contributed by atoms with van der Waals surface area (Å²) in [4.78, 5) is 11.9. The number of Topliss-reactive ketones (excluding diaryl/α,β-unsaturated/α-hetero) is 1. The molecule has 1 aromatic carbocycles. The van der Waals surface area contributed by atoms with Crippen LogP contribution in [0.15, 0.2) is 6.07 Å². The molecule has 0 saturated heterocycles. The van der Waals surface area contributed by atoms with E-state index in [0.717, 1.165) is 16.7 Å². The molecule has 0 bridgehead atoms. The first kappa shape index (κ1) is 11.9. The predicted octanol–water partition coefficient (Wildman–Crippen LogP) is 2.45. The van der Waals surface area contributed by atoms with E-state index in [0.29, 0.717) is 13.0 Å². The molecule has 0 fully saturated rings. The molecule has 0 radical (unpaired) electrons. The van der Waals surface area contributed by atoms with Gasteiger partial charge in [-0.3, -0.25) is 4.79 Å². The molecule has 0 aliphatic heterocycles.